The molecular weight excluding hydrogens is 450 g/mol. The van der Waals surface area contributed by atoms with Crippen LogP contribution in [0.1, 0.15) is 23.2 Å². The number of fused-ring (bicyclic) bond motifs is 2. The Morgan fingerprint density at radius 2 is 1.97 bits per heavy atom. The highest BCUT2D eigenvalue weighted by atomic mass is 19.4. The minimum Gasteiger partial charge on any atom is -0.393 e. The number of carbonyl (C=O) groups is 1. The fourth-order valence-corrected chi connectivity index (χ4v) is 4.78. The highest BCUT2D eigenvalue weighted by Gasteiger charge is 2.47. The monoisotopic (exact) mass is 475 g/mol. The average molecular weight is 475 g/mol. The minimum atomic E-state index is -4.44. The van der Waals surface area contributed by atoms with Crippen LogP contribution in [0.15, 0.2) is 60.6 Å². The zero-order chi connectivity index (χ0) is 24.3. The van der Waals surface area contributed by atoms with E-state index in [1.165, 1.54) is 37.7 Å². The van der Waals surface area contributed by atoms with E-state index in [9.17, 15) is 22.4 Å². The van der Waals surface area contributed by atoms with E-state index in [1.807, 2.05) is 0 Å². The molecule has 0 radical (unpaired) electrons. The van der Waals surface area contributed by atoms with Gasteiger partial charge in [0.05, 0.1) is 16.7 Å². The Morgan fingerprint density at radius 3 is 2.65 bits per heavy atom. The smallest absolute Gasteiger partial charge is 0.393 e. The number of rotatable bonds is 7. The fraction of sp³-hybridized carbons (Fsp3) is 0.375. The Morgan fingerprint density at radius 1 is 1.21 bits per heavy atom. The fourth-order valence-electron chi connectivity index (χ4n) is 4.78. The molecule has 2 fully saturated rings. The lowest BCUT2D eigenvalue weighted by Crippen LogP contribution is -2.50. The van der Waals surface area contributed by atoms with Gasteiger partial charge in [-0.15, -0.1) is 0 Å². The number of hydrogen-bond donors (Lipinski definition) is 2. The lowest BCUT2D eigenvalue weighted by atomic mass is 10.0. The number of allylic oxidation sites excluding steroid dienone is 2. The molecule has 2 aromatic rings. The maximum Gasteiger partial charge on any atom is 0.417 e. The van der Waals surface area contributed by atoms with Crippen molar-refractivity contribution in [2.45, 2.75) is 31.1 Å². The van der Waals surface area contributed by atoms with Gasteiger partial charge in [-0.3, -0.25) is 4.79 Å². The van der Waals surface area contributed by atoms with Crippen LogP contribution < -0.4 is 10.6 Å². The first-order chi connectivity index (χ1) is 16.3. The number of likely N-dealkylation sites (tertiary alicyclic amines) is 1. The molecule has 1 aromatic heterocycles. The molecule has 2 aliphatic rings. The summed E-state index contributed by atoms with van der Waals surface area (Å²) in [7, 11) is 1.41. The summed E-state index contributed by atoms with van der Waals surface area (Å²) in [6.45, 7) is 0.794. The van der Waals surface area contributed by atoms with Crippen LogP contribution in [0.25, 0.3) is 11.4 Å². The summed E-state index contributed by atoms with van der Waals surface area (Å²) in [4.78, 5) is 23.4. The number of alkyl halides is 3. The third-order valence-electron chi connectivity index (χ3n) is 6.20. The van der Waals surface area contributed by atoms with Gasteiger partial charge in [0.25, 0.3) is 5.91 Å². The van der Waals surface area contributed by atoms with Gasteiger partial charge in [0, 0.05) is 50.8 Å². The molecule has 1 saturated carbocycles. The van der Waals surface area contributed by atoms with Gasteiger partial charge in [-0.25, -0.2) is 14.4 Å². The molecule has 4 rings (SSSR count). The topological polar surface area (TPSA) is 70.2 Å². The molecule has 1 saturated heterocycles. The molecule has 2 N–H and O–H groups in total. The lowest BCUT2D eigenvalue weighted by Gasteiger charge is -2.34. The van der Waals surface area contributed by atoms with Crippen LogP contribution in [0.3, 0.4) is 0 Å². The zero-order valence-corrected chi connectivity index (χ0v) is 18.5. The predicted octanol–water partition coefficient (Wildman–Crippen LogP) is 3.70. The lowest BCUT2D eigenvalue weighted by molar-refractivity contribution is -0.0885. The van der Waals surface area contributed by atoms with Crippen molar-refractivity contribution in [3.8, 4) is 11.4 Å². The van der Waals surface area contributed by atoms with Crippen LogP contribution in [0.5, 0.6) is 0 Å². The summed E-state index contributed by atoms with van der Waals surface area (Å²) in [5.41, 5.74) is -0.507. The van der Waals surface area contributed by atoms with Crippen molar-refractivity contribution in [1.29, 1.82) is 0 Å². The SMILES string of the molecule is CN/C=C(\C=C/CNC1CC2CC1N(C(=O)c1cccc(F)c1-c1ncccn1)C2)C(F)(F)F. The van der Waals surface area contributed by atoms with Gasteiger partial charge in [0.1, 0.15) is 5.82 Å². The van der Waals surface area contributed by atoms with Gasteiger partial charge in [0.2, 0.25) is 0 Å². The van der Waals surface area contributed by atoms with Gasteiger partial charge in [-0.1, -0.05) is 18.2 Å². The normalized spacial score (nSPS) is 22.6. The Kier molecular flexibility index (Phi) is 6.97. The molecular formula is C24H25F4N5O. The van der Waals surface area contributed by atoms with E-state index in [-0.39, 0.29) is 47.4 Å². The third kappa shape index (κ3) is 4.96. The van der Waals surface area contributed by atoms with Crippen molar-refractivity contribution in [2.24, 2.45) is 5.92 Å². The molecule has 180 valence electrons. The molecule has 3 atom stereocenters. The van der Waals surface area contributed by atoms with E-state index in [0.717, 1.165) is 25.1 Å². The van der Waals surface area contributed by atoms with Crippen molar-refractivity contribution in [3.63, 3.8) is 0 Å². The average Bonchev–Trinajstić information content (AvgIpc) is 3.41. The van der Waals surface area contributed by atoms with Gasteiger partial charge in [0.15, 0.2) is 5.82 Å². The van der Waals surface area contributed by atoms with Crippen LogP contribution in [-0.2, 0) is 0 Å². The summed E-state index contributed by atoms with van der Waals surface area (Å²) in [5, 5.41) is 5.66. The number of nitrogens with one attached hydrogen (secondary N) is 2. The second kappa shape index (κ2) is 9.92. The Balaban J connectivity index is 1.47. The van der Waals surface area contributed by atoms with Gasteiger partial charge in [-0.2, -0.15) is 13.2 Å². The van der Waals surface area contributed by atoms with E-state index in [2.05, 4.69) is 20.6 Å². The zero-order valence-electron chi connectivity index (χ0n) is 18.5. The Labute approximate surface area is 194 Å². The standard InChI is InChI=1S/C24H25F4N5O/c1-29-13-16(24(26,27)28)5-3-8-30-19-11-15-12-20(19)33(14-15)23(34)17-6-2-7-18(25)21(17)22-31-9-4-10-32-22/h2-7,9-10,13,15,19-20,29-30H,8,11-12,14H2,1H3/b5-3-,16-13+. The van der Waals surface area contributed by atoms with Crippen LogP contribution in [0.2, 0.25) is 0 Å². The van der Waals surface area contributed by atoms with Crippen LogP contribution in [-0.4, -0.2) is 59.2 Å². The Bertz CT molecular complexity index is 1090. The number of halogens is 4. The summed E-state index contributed by atoms with van der Waals surface area (Å²) in [6.07, 6.45) is 3.52. The molecule has 34 heavy (non-hydrogen) atoms. The van der Waals surface area contributed by atoms with E-state index in [1.54, 1.807) is 17.0 Å². The number of carbonyl (C=O) groups excluding carboxylic acids is 1. The van der Waals surface area contributed by atoms with Crippen LogP contribution in [0.4, 0.5) is 17.6 Å². The molecule has 2 bridgehead atoms. The maximum atomic E-state index is 14.7. The number of hydrogen-bond acceptors (Lipinski definition) is 5. The second-order valence-corrected chi connectivity index (χ2v) is 8.40. The van der Waals surface area contributed by atoms with E-state index in [4.69, 9.17) is 0 Å². The largest absolute Gasteiger partial charge is 0.417 e. The molecule has 1 amide bonds. The van der Waals surface area contributed by atoms with E-state index in [0.29, 0.717) is 6.54 Å². The third-order valence-corrected chi connectivity index (χ3v) is 6.20. The van der Waals surface area contributed by atoms with Gasteiger partial charge >= 0.3 is 6.18 Å². The van der Waals surface area contributed by atoms with Crippen molar-refractivity contribution in [1.82, 2.24) is 25.5 Å². The number of nitrogens with zero attached hydrogens (tertiary/aromatic N) is 3. The molecule has 6 nitrogen and oxygen atoms in total. The number of benzene rings is 1. The second-order valence-electron chi connectivity index (χ2n) is 8.40. The van der Waals surface area contributed by atoms with E-state index >= 15 is 0 Å². The summed E-state index contributed by atoms with van der Waals surface area (Å²) in [6, 6.07) is 5.77. The number of amides is 1. The van der Waals surface area contributed by atoms with Crippen molar-refractivity contribution in [2.75, 3.05) is 20.1 Å². The van der Waals surface area contributed by atoms with Crippen LogP contribution in [0, 0.1) is 11.7 Å². The van der Waals surface area contributed by atoms with Gasteiger partial charge < -0.3 is 15.5 Å². The summed E-state index contributed by atoms with van der Waals surface area (Å²) >= 11 is 0. The predicted molar refractivity (Wildman–Crippen MR) is 119 cm³/mol. The molecule has 1 aliphatic carbocycles. The number of aromatic nitrogens is 2. The Hall–Kier alpha value is -3.27. The van der Waals surface area contributed by atoms with Crippen LogP contribution >= 0.6 is 0 Å². The molecule has 0 spiro atoms. The molecule has 10 heteroatoms. The first kappa shape index (κ1) is 23.9. The highest BCUT2D eigenvalue weighted by Crippen LogP contribution is 2.39. The first-order valence-electron chi connectivity index (χ1n) is 11.0. The summed E-state index contributed by atoms with van der Waals surface area (Å²) in [5.74, 6) is -0.442. The maximum absolute atomic E-state index is 14.7. The highest BCUT2D eigenvalue weighted by molar-refractivity contribution is 6.00. The molecule has 3 unspecified atom stereocenters. The summed E-state index contributed by atoms with van der Waals surface area (Å²) < 4.78 is 53.6. The first-order valence-corrected chi connectivity index (χ1v) is 11.0. The number of piperidine rings is 1. The van der Waals surface area contributed by atoms with Crippen molar-refractivity contribution >= 4 is 5.91 Å². The molecule has 1 aromatic carbocycles. The molecule has 2 heterocycles. The van der Waals surface area contributed by atoms with Crippen molar-refractivity contribution in [3.05, 3.63) is 72.0 Å². The van der Waals surface area contributed by atoms with Crippen molar-refractivity contribution < 1.29 is 22.4 Å². The quantitative estimate of drug-likeness (QED) is 0.472. The minimum absolute atomic E-state index is 0.0556. The molecule has 1 aliphatic heterocycles. The van der Waals surface area contributed by atoms with E-state index < -0.39 is 17.6 Å². The van der Waals surface area contributed by atoms with Gasteiger partial charge in [-0.05, 0) is 37.0 Å².